The van der Waals surface area contributed by atoms with Crippen LogP contribution in [-0.2, 0) is 27.1 Å². The molecule has 12 nitrogen and oxygen atoms in total. The van der Waals surface area contributed by atoms with E-state index in [4.69, 9.17) is 23.2 Å². The van der Waals surface area contributed by atoms with Crippen LogP contribution in [-0.4, -0.2) is 48.0 Å². The van der Waals surface area contributed by atoms with Gasteiger partial charge in [0.2, 0.25) is 11.9 Å². The van der Waals surface area contributed by atoms with Crippen LogP contribution in [0.5, 0.6) is 0 Å². The molecular formula is C36H29Cl2N9O3. The molecule has 0 spiro atoms. The van der Waals surface area contributed by atoms with Crippen molar-refractivity contribution in [1.29, 1.82) is 5.26 Å². The van der Waals surface area contributed by atoms with Crippen molar-refractivity contribution in [3.8, 4) is 17.2 Å². The molecule has 3 N–H and O–H groups in total. The minimum atomic E-state index is -1.20. The summed E-state index contributed by atoms with van der Waals surface area (Å²) in [4.78, 5) is 52.4. The Hall–Kier alpha value is -5.51. The number of nitrogens with one attached hydrogen (secondary N) is 3. The van der Waals surface area contributed by atoms with E-state index in [0.29, 0.717) is 34.1 Å². The van der Waals surface area contributed by atoms with E-state index >= 15 is 0 Å². The van der Waals surface area contributed by atoms with Gasteiger partial charge in [0, 0.05) is 46.2 Å². The number of pyridine rings is 1. The first-order valence-corrected chi connectivity index (χ1v) is 16.8. The minimum Gasteiger partial charge on any atom is -0.343 e. The van der Waals surface area contributed by atoms with Crippen molar-refractivity contribution in [3.63, 3.8) is 0 Å². The fraction of sp³-hybridized carbons (Fsp3) is 0.250. The zero-order valence-corrected chi connectivity index (χ0v) is 28.2. The Morgan fingerprint density at radius 1 is 0.980 bits per heavy atom. The fourth-order valence-corrected chi connectivity index (χ4v) is 7.09. The summed E-state index contributed by atoms with van der Waals surface area (Å²) in [6.07, 6.45) is 9.49. The number of amides is 3. The molecule has 0 radical (unpaired) electrons. The van der Waals surface area contributed by atoms with Crippen molar-refractivity contribution in [3.05, 3.63) is 112 Å². The van der Waals surface area contributed by atoms with Crippen LogP contribution in [0.25, 0.3) is 11.1 Å². The number of nitrogens with zero attached hydrogens (tertiary/aromatic N) is 6. The number of H-pyrrole nitrogens is 1. The van der Waals surface area contributed by atoms with Crippen LogP contribution in [0.15, 0.2) is 79.4 Å². The molecule has 8 rings (SSSR count). The van der Waals surface area contributed by atoms with Crippen molar-refractivity contribution in [2.75, 3.05) is 4.90 Å². The molecule has 4 heterocycles. The lowest BCUT2D eigenvalue weighted by molar-refractivity contribution is -0.125. The molecule has 5 aromatic rings. The topological polar surface area (TPSA) is 162 Å². The number of halogens is 2. The Bertz CT molecular complexity index is 2200. The predicted octanol–water partition coefficient (Wildman–Crippen LogP) is 5.55. The Balaban J connectivity index is 1.05. The Labute approximate surface area is 296 Å². The van der Waals surface area contributed by atoms with Crippen LogP contribution in [0.4, 0.5) is 11.6 Å². The number of rotatable bonds is 9. The number of aromatic amines is 1. The summed E-state index contributed by atoms with van der Waals surface area (Å²) < 4.78 is 1.68. The monoisotopic (exact) mass is 705 g/mol. The molecule has 0 saturated heterocycles. The lowest BCUT2D eigenvalue weighted by atomic mass is 9.91. The summed E-state index contributed by atoms with van der Waals surface area (Å²) in [6.45, 7) is 1.77. The maximum absolute atomic E-state index is 14.2. The van der Waals surface area contributed by atoms with Gasteiger partial charge >= 0.3 is 0 Å². The Morgan fingerprint density at radius 2 is 1.72 bits per heavy atom. The predicted molar refractivity (Wildman–Crippen MR) is 185 cm³/mol. The first kappa shape index (κ1) is 31.7. The number of benzene rings is 2. The summed E-state index contributed by atoms with van der Waals surface area (Å²) in [6, 6.07) is 17.7. The first-order chi connectivity index (χ1) is 24.0. The second kappa shape index (κ2) is 11.5. The molecule has 250 valence electrons. The van der Waals surface area contributed by atoms with Crippen molar-refractivity contribution in [1.82, 2.24) is 35.4 Å². The quantitative estimate of drug-likeness (QED) is 0.181. The third-order valence-corrected chi connectivity index (χ3v) is 10.2. The van der Waals surface area contributed by atoms with E-state index < -0.39 is 22.5 Å². The number of imidazole rings is 1. The molecule has 50 heavy (non-hydrogen) atoms. The number of aromatic nitrogens is 5. The molecule has 14 heteroatoms. The molecule has 3 amide bonds. The zero-order valence-electron chi connectivity index (χ0n) is 26.7. The molecule has 3 aromatic heterocycles. The van der Waals surface area contributed by atoms with Gasteiger partial charge in [0.05, 0.1) is 34.7 Å². The van der Waals surface area contributed by atoms with Gasteiger partial charge in [-0.15, -0.1) is 0 Å². The Kier molecular flexibility index (Phi) is 7.32. The maximum Gasteiger partial charge on any atom is 0.272 e. The number of carbonyl (C=O) groups excluding carboxylic acids is 3. The van der Waals surface area contributed by atoms with Gasteiger partial charge in [-0.25, -0.2) is 9.88 Å². The van der Waals surface area contributed by atoms with Gasteiger partial charge in [-0.1, -0.05) is 41.4 Å². The molecule has 2 fully saturated rings. The molecule has 0 unspecified atom stereocenters. The number of hydrogen-bond acceptors (Lipinski definition) is 7. The minimum absolute atomic E-state index is 0.0494. The SMILES string of the molecule is C[C@]1(Cc2ccc(C#N)cc2)C(=O)N(c2cc(Cl)cc(Cl)c2)c2nc(C(=O)NC3(C(=O)NC4(c5ccc(-c6cn[nH]c6)cn5)CC4)CC3)cn21. The number of nitriles is 1. The van der Waals surface area contributed by atoms with Gasteiger partial charge < -0.3 is 15.2 Å². The van der Waals surface area contributed by atoms with Gasteiger partial charge in [-0.2, -0.15) is 10.4 Å². The fourth-order valence-electron chi connectivity index (χ4n) is 6.57. The van der Waals surface area contributed by atoms with Crippen molar-refractivity contribution in [2.45, 2.75) is 55.6 Å². The normalized spacial score (nSPS) is 19.4. The molecule has 2 aliphatic carbocycles. The Morgan fingerprint density at radius 3 is 2.32 bits per heavy atom. The standard InChI is InChI=1S/C36H29Cl2N9O3/c1-34(15-21-2-4-22(16-39)5-3-21)32(50)47(27-13-25(37)12-26(38)14-27)33-43-28(20-46(33)34)30(48)44-36(10-11-36)31(49)45-35(8-9-35)29-7-6-23(17-40-29)24-18-41-42-19-24/h2-7,12-14,17-20H,8-11,15H2,1H3,(H,41,42)(H,44,48)(H,45,49)/t34-/m0/s1. The summed E-state index contributed by atoms with van der Waals surface area (Å²) in [7, 11) is 0. The average Bonchev–Trinajstić information content (AvgIpc) is 3.91. The molecule has 0 bridgehead atoms. The number of carbonyl (C=O) groups is 3. The van der Waals surface area contributed by atoms with E-state index in [1.165, 1.54) is 4.90 Å². The van der Waals surface area contributed by atoms with Crippen LogP contribution in [0.3, 0.4) is 0 Å². The van der Waals surface area contributed by atoms with E-state index in [1.54, 1.807) is 78.7 Å². The highest BCUT2D eigenvalue weighted by Crippen LogP contribution is 2.47. The largest absolute Gasteiger partial charge is 0.343 e. The lowest BCUT2D eigenvalue weighted by Gasteiger charge is -2.25. The second-order valence-electron chi connectivity index (χ2n) is 13.3. The molecule has 1 atom stereocenters. The third-order valence-electron chi connectivity index (χ3n) is 9.78. The van der Waals surface area contributed by atoms with E-state index in [2.05, 4.69) is 36.9 Å². The van der Waals surface area contributed by atoms with Crippen molar-refractivity contribution < 1.29 is 14.4 Å². The van der Waals surface area contributed by atoms with E-state index in [1.807, 2.05) is 12.1 Å². The highest BCUT2D eigenvalue weighted by atomic mass is 35.5. The van der Waals surface area contributed by atoms with Crippen LogP contribution in [0, 0.1) is 11.3 Å². The number of fused-ring (bicyclic) bond motifs is 1. The summed E-state index contributed by atoms with van der Waals surface area (Å²) in [5, 5.41) is 22.8. The van der Waals surface area contributed by atoms with Crippen LogP contribution in [0.1, 0.15) is 59.9 Å². The van der Waals surface area contributed by atoms with Gasteiger partial charge in [-0.05, 0) is 74.6 Å². The zero-order chi connectivity index (χ0) is 34.8. The smallest absolute Gasteiger partial charge is 0.272 e. The van der Waals surface area contributed by atoms with E-state index in [-0.39, 0.29) is 29.9 Å². The molecule has 2 aromatic carbocycles. The van der Waals surface area contributed by atoms with Gasteiger partial charge in [-0.3, -0.25) is 24.5 Å². The molecule has 3 aliphatic rings. The van der Waals surface area contributed by atoms with E-state index in [9.17, 15) is 19.6 Å². The van der Waals surface area contributed by atoms with Crippen LogP contribution < -0.4 is 15.5 Å². The van der Waals surface area contributed by atoms with Gasteiger partial charge in [0.15, 0.2) is 0 Å². The van der Waals surface area contributed by atoms with Gasteiger partial charge in [0.1, 0.15) is 16.8 Å². The summed E-state index contributed by atoms with van der Waals surface area (Å²) in [5.74, 6) is -0.893. The third kappa shape index (κ3) is 5.39. The second-order valence-corrected chi connectivity index (χ2v) is 14.2. The number of anilines is 2. The highest BCUT2D eigenvalue weighted by molar-refractivity contribution is 6.35. The molecule has 1 aliphatic heterocycles. The van der Waals surface area contributed by atoms with E-state index in [0.717, 1.165) is 35.2 Å². The maximum atomic E-state index is 14.2. The lowest BCUT2D eigenvalue weighted by Crippen LogP contribution is -2.52. The average molecular weight is 707 g/mol. The van der Waals surface area contributed by atoms with Gasteiger partial charge in [0.25, 0.3) is 11.8 Å². The van der Waals surface area contributed by atoms with Crippen LogP contribution >= 0.6 is 23.2 Å². The molecule has 2 saturated carbocycles. The summed E-state index contributed by atoms with van der Waals surface area (Å²) in [5.41, 5.74) is 1.48. The summed E-state index contributed by atoms with van der Waals surface area (Å²) >= 11 is 12.7. The highest BCUT2D eigenvalue weighted by Gasteiger charge is 2.57. The van der Waals surface area contributed by atoms with Crippen molar-refractivity contribution >= 4 is 52.6 Å². The number of hydrogen-bond donors (Lipinski definition) is 3. The molecular weight excluding hydrogens is 677 g/mol. The van der Waals surface area contributed by atoms with Crippen molar-refractivity contribution in [2.24, 2.45) is 0 Å². The van der Waals surface area contributed by atoms with Crippen LogP contribution in [0.2, 0.25) is 10.0 Å². The first-order valence-electron chi connectivity index (χ1n) is 16.0.